The van der Waals surface area contributed by atoms with Crippen LogP contribution < -0.4 is 0 Å². The summed E-state index contributed by atoms with van der Waals surface area (Å²) in [5.74, 6) is -0.463. The number of carbonyl (C=O) groups excluding carboxylic acids is 2. The van der Waals surface area contributed by atoms with Crippen molar-refractivity contribution in [1.29, 1.82) is 0 Å². The second kappa shape index (κ2) is 7.51. The number of carbonyl (C=O) groups is 2. The zero-order valence-electron chi connectivity index (χ0n) is 14.6. The van der Waals surface area contributed by atoms with Gasteiger partial charge in [-0.3, -0.25) is 9.59 Å². The number of rotatable bonds is 5. The molecular weight excluding hydrogens is 350 g/mol. The first-order valence-electron chi connectivity index (χ1n) is 8.60. The molecule has 2 aromatic rings. The molecule has 3 rings (SSSR count). The predicted molar refractivity (Wildman–Crippen MR) is 98.7 cm³/mol. The van der Waals surface area contributed by atoms with Gasteiger partial charge in [-0.25, -0.2) is 8.42 Å². The van der Waals surface area contributed by atoms with Crippen LogP contribution in [0.5, 0.6) is 0 Å². The maximum atomic E-state index is 12.9. The van der Waals surface area contributed by atoms with Gasteiger partial charge in [-0.2, -0.15) is 4.31 Å². The van der Waals surface area contributed by atoms with Crippen LogP contribution in [0.2, 0.25) is 0 Å². The number of ketones is 2. The molecule has 5 nitrogen and oxygen atoms in total. The molecule has 0 N–H and O–H groups in total. The second-order valence-corrected chi connectivity index (χ2v) is 8.45. The molecule has 0 saturated carbocycles. The van der Waals surface area contributed by atoms with Crippen LogP contribution in [0.3, 0.4) is 0 Å². The van der Waals surface area contributed by atoms with E-state index in [2.05, 4.69) is 0 Å². The van der Waals surface area contributed by atoms with E-state index >= 15 is 0 Å². The van der Waals surface area contributed by atoms with Crippen LogP contribution in [0.15, 0.2) is 59.5 Å². The molecule has 1 unspecified atom stereocenters. The van der Waals surface area contributed by atoms with Crippen molar-refractivity contribution in [2.45, 2.75) is 24.7 Å². The van der Waals surface area contributed by atoms with E-state index < -0.39 is 10.0 Å². The van der Waals surface area contributed by atoms with E-state index in [0.29, 0.717) is 30.5 Å². The highest BCUT2D eigenvalue weighted by molar-refractivity contribution is 7.89. The van der Waals surface area contributed by atoms with E-state index in [4.69, 9.17) is 0 Å². The third-order valence-electron chi connectivity index (χ3n) is 4.71. The van der Waals surface area contributed by atoms with Gasteiger partial charge >= 0.3 is 0 Å². The largest absolute Gasteiger partial charge is 0.295 e. The molecule has 0 bridgehead atoms. The summed E-state index contributed by atoms with van der Waals surface area (Å²) in [6.07, 6.45) is 1.33. The van der Waals surface area contributed by atoms with Crippen LogP contribution >= 0.6 is 0 Å². The summed E-state index contributed by atoms with van der Waals surface area (Å²) in [4.78, 5) is 24.2. The minimum Gasteiger partial charge on any atom is -0.295 e. The summed E-state index contributed by atoms with van der Waals surface area (Å²) in [6.45, 7) is 2.02. The minimum absolute atomic E-state index is 0.0163. The molecule has 0 radical (unpaired) electrons. The summed E-state index contributed by atoms with van der Waals surface area (Å²) >= 11 is 0. The highest BCUT2D eigenvalue weighted by atomic mass is 32.2. The Bertz CT molecular complexity index is 905. The van der Waals surface area contributed by atoms with Crippen molar-refractivity contribution < 1.29 is 18.0 Å². The Morgan fingerprint density at radius 3 is 2.23 bits per heavy atom. The Kier molecular flexibility index (Phi) is 5.34. The zero-order chi connectivity index (χ0) is 18.7. The first-order chi connectivity index (χ1) is 12.4. The molecule has 0 amide bonds. The monoisotopic (exact) mass is 371 g/mol. The molecule has 1 aliphatic heterocycles. The van der Waals surface area contributed by atoms with Gasteiger partial charge < -0.3 is 0 Å². The highest BCUT2D eigenvalue weighted by Gasteiger charge is 2.33. The quantitative estimate of drug-likeness (QED) is 0.757. The lowest BCUT2D eigenvalue weighted by Gasteiger charge is -2.31. The molecule has 136 valence electrons. The summed E-state index contributed by atoms with van der Waals surface area (Å²) < 4.78 is 27.2. The van der Waals surface area contributed by atoms with Gasteiger partial charge in [-0.05, 0) is 31.9 Å². The molecule has 1 saturated heterocycles. The van der Waals surface area contributed by atoms with Crippen LogP contribution in [0.1, 0.15) is 40.5 Å². The van der Waals surface area contributed by atoms with Crippen LogP contribution in [0.4, 0.5) is 0 Å². The normalized spacial score (nSPS) is 18.4. The Labute approximate surface area is 153 Å². The van der Waals surface area contributed by atoms with E-state index in [0.717, 1.165) is 0 Å². The highest BCUT2D eigenvalue weighted by Crippen LogP contribution is 2.26. The third kappa shape index (κ3) is 3.76. The summed E-state index contributed by atoms with van der Waals surface area (Å²) in [6, 6.07) is 14.9. The lowest BCUT2D eigenvalue weighted by Crippen LogP contribution is -2.42. The van der Waals surface area contributed by atoms with Crippen molar-refractivity contribution in [2.24, 2.45) is 5.92 Å². The molecule has 0 spiro atoms. The average molecular weight is 371 g/mol. The molecule has 1 atom stereocenters. The zero-order valence-corrected chi connectivity index (χ0v) is 15.4. The molecular formula is C20H21NO4S. The smallest absolute Gasteiger partial charge is 0.243 e. The fourth-order valence-electron chi connectivity index (χ4n) is 3.22. The molecule has 0 aliphatic carbocycles. The molecule has 26 heavy (non-hydrogen) atoms. The van der Waals surface area contributed by atoms with Crippen molar-refractivity contribution >= 4 is 21.6 Å². The molecule has 1 heterocycles. The van der Waals surface area contributed by atoms with Crippen LogP contribution in [0.25, 0.3) is 0 Å². The molecule has 6 heteroatoms. The van der Waals surface area contributed by atoms with E-state index in [1.54, 1.807) is 24.3 Å². The van der Waals surface area contributed by atoms with E-state index in [1.165, 1.54) is 35.5 Å². The van der Waals surface area contributed by atoms with Gasteiger partial charge in [-0.1, -0.05) is 42.5 Å². The minimum atomic E-state index is -3.68. The lowest BCUT2D eigenvalue weighted by atomic mass is 9.91. The van der Waals surface area contributed by atoms with Gasteiger partial charge in [0, 0.05) is 30.1 Å². The van der Waals surface area contributed by atoms with Gasteiger partial charge in [0.25, 0.3) is 0 Å². The number of Topliss-reactive ketones (excluding diaryl/α,β-unsaturated/α-hetero) is 2. The average Bonchev–Trinajstić information content (AvgIpc) is 2.68. The first kappa shape index (κ1) is 18.5. The molecule has 1 aliphatic rings. The Hall–Kier alpha value is -2.31. The van der Waals surface area contributed by atoms with Gasteiger partial charge in [0.2, 0.25) is 10.0 Å². The molecule has 0 aromatic heterocycles. The third-order valence-corrected chi connectivity index (χ3v) is 6.59. The predicted octanol–water partition coefficient (Wildman–Crippen LogP) is 3.17. The van der Waals surface area contributed by atoms with Gasteiger partial charge in [0.05, 0.1) is 4.90 Å². The molecule has 2 aromatic carbocycles. The van der Waals surface area contributed by atoms with E-state index in [1.807, 2.05) is 6.07 Å². The van der Waals surface area contributed by atoms with Gasteiger partial charge in [0.1, 0.15) is 0 Å². The standard InChI is InChI=1S/C20H21NO4S/c1-15(22)16-9-11-19(12-10-16)26(24,25)21-13-5-8-18(14-21)20(23)17-6-3-2-4-7-17/h2-4,6-7,9-12,18H,5,8,13-14H2,1H3. The number of piperidine rings is 1. The van der Waals surface area contributed by atoms with Crippen LogP contribution in [-0.4, -0.2) is 37.4 Å². The van der Waals surface area contributed by atoms with Crippen molar-refractivity contribution in [3.05, 3.63) is 65.7 Å². The Balaban J connectivity index is 1.80. The topological polar surface area (TPSA) is 71.5 Å². The molecule has 1 fully saturated rings. The number of hydrogen-bond acceptors (Lipinski definition) is 4. The van der Waals surface area contributed by atoms with Crippen LogP contribution in [0, 0.1) is 5.92 Å². The van der Waals surface area contributed by atoms with E-state index in [9.17, 15) is 18.0 Å². The van der Waals surface area contributed by atoms with Crippen LogP contribution in [-0.2, 0) is 10.0 Å². The number of sulfonamides is 1. The van der Waals surface area contributed by atoms with Crippen molar-refractivity contribution in [2.75, 3.05) is 13.1 Å². The number of hydrogen-bond donors (Lipinski definition) is 0. The van der Waals surface area contributed by atoms with Crippen molar-refractivity contribution in [3.8, 4) is 0 Å². The summed E-state index contributed by atoms with van der Waals surface area (Å²) in [5, 5.41) is 0. The van der Waals surface area contributed by atoms with Gasteiger partial charge in [0.15, 0.2) is 11.6 Å². The van der Waals surface area contributed by atoms with E-state index in [-0.39, 0.29) is 28.9 Å². The summed E-state index contributed by atoms with van der Waals surface area (Å²) in [7, 11) is -3.68. The Morgan fingerprint density at radius 1 is 0.962 bits per heavy atom. The van der Waals surface area contributed by atoms with Crippen molar-refractivity contribution in [3.63, 3.8) is 0 Å². The first-order valence-corrected chi connectivity index (χ1v) is 10.0. The van der Waals surface area contributed by atoms with Crippen molar-refractivity contribution in [1.82, 2.24) is 4.31 Å². The van der Waals surface area contributed by atoms with Gasteiger partial charge in [-0.15, -0.1) is 0 Å². The second-order valence-electron chi connectivity index (χ2n) is 6.51. The SMILES string of the molecule is CC(=O)c1ccc(S(=O)(=O)N2CCCC(C(=O)c3ccccc3)C2)cc1. The number of benzene rings is 2. The maximum Gasteiger partial charge on any atom is 0.243 e. The fraction of sp³-hybridized carbons (Fsp3) is 0.300. The lowest BCUT2D eigenvalue weighted by molar-refractivity contribution is 0.0872. The Morgan fingerprint density at radius 2 is 1.62 bits per heavy atom. The number of nitrogens with zero attached hydrogens (tertiary/aromatic N) is 1. The maximum absolute atomic E-state index is 12.9. The fourth-order valence-corrected chi connectivity index (χ4v) is 4.75. The summed E-state index contributed by atoms with van der Waals surface area (Å²) in [5.41, 5.74) is 1.09.